The number of nitrogens with zero attached hydrogens (tertiary/aromatic N) is 2. The van der Waals surface area contributed by atoms with Crippen molar-refractivity contribution < 1.29 is 9.00 Å². The lowest BCUT2D eigenvalue weighted by Gasteiger charge is -2.16. The van der Waals surface area contributed by atoms with Gasteiger partial charge < -0.3 is 10.2 Å². The molecule has 0 aliphatic heterocycles. The Hall–Kier alpha value is -1.73. The quantitative estimate of drug-likeness (QED) is 0.912. The molecule has 0 saturated heterocycles. The van der Waals surface area contributed by atoms with E-state index in [1.165, 1.54) is 4.88 Å². The minimum Gasteiger partial charge on any atom is -0.321 e. The number of thiazole rings is 1. The molecular weight excluding hydrogens is 318 g/mol. The Morgan fingerprint density at radius 3 is 2.86 bits per heavy atom. The van der Waals surface area contributed by atoms with Crippen LogP contribution < -0.4 is 5.32 Å². The fourth-order valence-electron chi connectivity index (χ4n) is 1.83. The Morgan fingerprint density at radius 1 is 1.45 bits per heavy atom. The summed E-state index contributed by atoms with van der Waals surface area (Å²) < 4.78 is 11.5. The number of carbonyl (C=O) groups is 1. The van der Waals surface area contributed by atoms with Gasteiger partial charge >= 0.3 is 6.03 Å². The maximum Gasteiger partial charge on any atom is 0.321 e. The van der Waals surface area contributed by atoms with Gasteiger partial charge in [0.1, 0.15) is 5.01 Å². The molecule has 2 amide bonds. The van der Waals surface area contributed by atoms with Crippen LogP contribution in [0.5, 0.6) is 0 Å². The van der Waals surface area contributed by atoms with Crippen LogP contribution in [-0.2, 0) is 23.8 Å². The van der Waals surface area contributed by atoms with Gasteiger partial charge in [-0.3, -0.25) is 4.21 Å². The first-order chi connectivity index (χ1) is 10.5. The van der Waals surface area contributed by atoms with Crippen molar-refractivity contribution in [3.8, 4) is 0 Å². The van der Waals surface area contributed by atoms with Crippen molar-refractivity contribution in [1.82, 2.24) is 9.88 Å². The van der Waals surface area contributed by atoms with Gasteiger partial charge in [0.25, 0.3) is 0 Å². The van der Waals surface area contributed by atoms with Gasteiger partial charge in [-0.15, -0.1) is 11.3 Å². The Morgan fingerprint density at radius 2 is 2.23 bits per heavy atom. The van der Waals surface area contributed by atoms with Crippen LogP contribution in [0.1, 0.15) is 16.8 Å². The highest BCUT2D eigenvalue weighted by atomic mass is 32.2. The van der Waals surface area contributed by atoms with Crippen LogP contribution in [0.3, 0.4) is 0 Å². The molecule has 5 nitrogen and oxygen atoms in total. The second-order valence-electron chi connectivity index (χ2n) is 4.84. The predicted molar refractivity (Wildman–Crippen MR) is 90.8 cm³/mol. The molecule has 0 spiro atoms. The highest BCUT2D eigenvalue weighted by Gasteiger charge is 2.12. The van der Waals surface area contributed by atoms with Crippen molar-refractivity contribution in [3.05, 3.63) is 40.3 Å². The molecule has 0 saturated carbocycles. The minimum atomic E-state index is -1.07. The molecule has 1 aromatic heterocycles. The van der Waals surface area contributed by atoms with E-state index in [0.29, 0.717) is 17.1 Å². The normalized spacial score (nSPS) is 12.0. The summed E-state index contributed by atoms with van der Waals surface area (Å²) in [6.07, 6.45) is 4.42. The van der Waals surface area contributed by atoms with Gasteiger partial charge in [0.2, 0.25) is 0 Å². The van der Waals surface area contributed by atoms with Gasteiger partial charge in [-0.25, -0.2) is 9.78 Å². The summed E-state index contributed by atoms with van der Waals surface area (Å²) in [5.41, 5.74) is 0.637. The number of rotatable bonds is 5. The monoisotopic (exact) mass is 337 g/mol. The minimum absolute atomic E-state index is 0.215. The largest absolute Gasteiger partial charge is 0.321 e. The first kappa shape index (κ1) is 16.6. The van der Waals surface area contributed by atoms with E-state index >= 15 is 0 Å². The van der Waals surface area contributed by atoms with E-state index in [1.54, 1.807) is 53.8 Å². The van der Waals surface area contributed by atoms with Crippen LogP contribution in [0.2, 0.25) is 0 Å². The lowest BCUT2D eigenvalue weighted by molar-refractivity contribution is 0.220. The van der Waals surface area contributed by atoms with E-state index in [1.807, 2.05) is 6.20 Å². The van der Waals surface area contributed by atoms with E-state index in [9.17, 15) is 9.00 Å². The Kier molecular flexibility index (Phi) is 5.68. The molecule has 0 bridgehead atoms. The molecule has 2 rings (SSSR count). The van der Waals surface area contributed by atoms with Crippen LogP contribution in [0.25, 0.3) is 0 Å². The average Bonchev–Trinajstić information content (AvgIpc) is 2.95. The Bertz CT molecular complexity index is 685. The zero-order valence-corrected chi connectivity index (χ0v) is 14.5. The molecule has 1 atom stereocenters. The van der Waals surface area contributed by atoms with Gasteiger partial charge in [-0.1, -0.05) is 13.0 Å². The number of amides is 2. The van der Waals surface area contributed by atoms with Crippen LogP contribution in [0, 0.1) is 0 Å². The predicted octanol–water partition coefficient (Wildman–Crippen LogP) is 3.11. The second-order valence-corrected chi connectivity index (χ2v) is 7.42. The molecule has 1 N–H and O–H groups in total. The standard InChI is InChI=1S/C15H19N3O2S2/c1-4-12-9-16-14(21-12)10-18(2)15(19)17-11-6-5-7-13(8-11)22(3)20/h5-9H,4,10H2,1-3H3,(H,17,19). The maximum atomic E-state index is 12.2. The number of aromatic nitrogens is 1. The number of urea groups is 1. The summed E-state index contributed by atoms with van der Waals surface area (Å²) in [6.45, 7) is 2.55. The van der Waals surface area contributed by atoms with Crippen LogP contribution in [0.15, 0.2) is 35.4 Å². The van der Waals surface area contributed by atoms with Crippen LogP contribution in [0.4, 0.5) is 10.5 Å². The fraction of sp³-hybridized carbons (Fsp3) is 0.333. The molecule has 1 unspecified atom stereocenters. The van der Waals surface area contributed by atoms with Crippen molar-refractivity contribution >= 4 is 33.9 Å². The fourth-order valence-corrected chi connectivity index (χ4v) is 3.31. The molecule has 1 aromatic carbocycles. The maximum absolute atomic E-state index is 12.2. The summed E-state index contributed by atoms with van der Waals surface area (Å²) in [6, 6.07) is 6.84. The summed E-state index contributed by atoms with van der Waals surface area (Å²) in [4.78, 5) is 20.0. The first-order valence-corrected chi connectivity index (χ1v) is 9.26. The highest BCUT2D eigenvalue weighted by Crippen LogP contribution is 2.16. The van der Waals surface area contributed by atoms with Crippen LogP contribution >= 0.6 is 11.3 Å². The Labute approximate surface area is 136 Å². The third kappa shape index (κ3) is 4.38. The summed E-state index contributed by atoms with van der Waals surface area (Å²) >= 11 is 1.62. The summed E-state index contributed by atoms with van der Waals surface area (Å²) in [5.74, 6) is 0. The van der Waals surface area contributed by atoms with Gasteiger partial charge in [0.15, 0.2) is 0 Å². The SMILES string of the molecule is CCc1cnc(CN(C)C(=O)Nc2cccc(S(C)=O)c2)s1. The smallest absolute Gasteiger partial charge is 0.321 e. The van der Waals surface area contributed by atoms with E-state index in [2.05, 4.69) is 17.2 Å². The number of anilines is 1. The summed E-state index contributed by atoms with van der Waals surface area (Å²) in [5, 5.41) is 3.72. The zero-order chi connectivity index (χ0) is 16.1. The highest BCUT2D eigenvalue weighted by molar-refractivity contribution is 7.84. The van der Waals surface area contributed by atoms with Gasteiger partial charge in [0.05, 0.1) is 6.54 Å². The van der Waals surface area contributed by atoms with Crippen molar-refractivity contribution in [1.29, 1.82) is 0 Å². The van der Waals surface area contributed by atoms with E-state index in [-0.39, 0.29) is 6.03 Å². The lowest BCUT2D eigenvalue weighted by atomic mass is 10.3. The van der Waals surface area contributed by atoms with Crippen molar-refractivity contribution in [3.63, 3.8) is 0 Å². The van der Waals surface area contributed by atoms with Crippen molar-refractivity contribution in [2.45, 2.75) is 24.8 Å². The second kappa shape index (κ2) is 7.51. The summed E-state index contributed by atoms with van der Waals surface area (Å²) in [7, 11) is 0.659. The number of benzene rings is 1. The number of hydrogen-bond donors (Lipinski definition) is 1. The van der Waals surface area contributed by atoms with E-state index in [0.717, 1.165) is 11.4 Å². The molecule has 118 valence electrons. The average molecular weight is 337 g/mol. The third-order valence-corrected chi connectivity index (χ3v) is 5.13. The van der Waals surface area contributed by atoms with Gasteiger partial charge in [-0.2, -0.15) is 0 Å². The molecule has 22 heavy (non-hydrogen) atoms. The molecule has 0 radical (unpaired) electrons. The number of nitrogens with one attached hydrogen (secondary N) is 1. The molecule has 0 fully saturated rings. The van der Waals surface area contributed by atoms with Crippen molar-refractivity contribution in [2.24, 2.45) is 0 Å². The zero-order valence-electron chi connectivity index (χ0n) is 12.8. The van der Waals surface area contributed by atoms with Crippen LogP contribution in [-0.4, -0.2) is 33.4 Å². The number of aryl methyl sites for hydroxylation is 1. The number of hydrogen-bond acceptors (Lipinski definition) is 4. The lowest BCUT2D eigenvalue weighted by Crippen LogP contribution is -2.30. The number of carbonyl (C=O) groups excluding carboxylic acids is 1. The molecule has 0 aliphatic carbocycles. The van der Waals surface area contributed by atoms with Gasteiger partial charge in [0, 0.05) is 45.8 Å². The molecular formula is C15H19N3O2S2. The van der Waals surface area contributed by atoms with Gasteiger partial charge in [-0.05, 0) is 24.6 Å². The van der Waals surface area contributed by atoms with E-state index < -0.39 is 10.8 Å². The Balaban J connectivity index is 1.99. The topological polar surface area (TPSA) is 62.3 Å². The molecule has 2 aromatic rings. The molecule has 7 heteroatoms. The first-order valence-electron chi connectivity index (χ1n) is 6.88. The molecule has 0 aliphatic rings. The van der Waals surface area contributed by atoms with E-state index in [4.69, 9.17) is 0 Å². The third-order valence-electron chi connectivity index (χ3n) is 3.09. The van der Waals surface area contributed by atoms with Crippen molar-refractivity contribution in [2.75, 3.05) is 18.6 Å². The molecule has 1 heterocycles.